The Morgan fingerprint density at radius 1 is 0.558 bits per heavy atom. The maximum absolute atomic E-state index is 13.8. The third kappa shape index (κ3) is 3.45. The van der Waals surface area contributed by atoms with Gasteiger partial charge < -0.3 is 0 Å². The molecule has 7 aromatic carbocycles. The highest BCUT2D eigenvalue weighted by atomic mass is 16.2. The Kier molecular flexibility index (Phi) is 5.09. The summed E-state index contributed by atoms with van der Waals surface area (Å²) >= 11 is 0. The highest BCUT2D eigenvalue weighted by Gasteiger charge is 2.42. The van der Waals surface area contributed by atoms with Crippen molar-refractivity contribution in [3.63, 3.8) is 0 Å². The van der Waals surface area contributed by atoms with Crippen molar-refractivity contribution in [2.45, 2.75) is 12.5 Å². The largest absolute Gasteiger partial charge is 0.329 e. The maximum atomic E-state index is 13.8. The van der Waals surface area contributed by atoms with Gasteiger partial charge in [-0.15, -0.1) is 0 Å². The smallest absolute Gasteiger partial charge is 0.297 e. The molecule has 7 aromatic rings. The molecule has 43 heavy (non-hydrogen) atoms. The topological polar surface area (TPSA) is 23.6 Å². The highest BCUT2D eigenvalue weighted by molar-refractivity contribution is 6.22. The van der Waals surface area contributed by atoms with Crippen molar-refractivity contribution < 1.29 is 4.79 Å². The number of anilines is 2. The van der Waals surface area contributed by atoms with Crippen LogP contribution in [0.15, 0.2) is 133 Å². The summed E-state index contributed by atoms with van der Waals surface area (Å²) in [4.78, 5) is 17.5. The summed E-state index contributed by atoms with van der Waals surface area (Å²) in [6, 6.07) is 48.0. The Labute approximate surface area is 250 Å². The van der Waals surface area contributed by atoms with Gasteiger partial charge in [0.05, 0.1) is 17.4 Å². The molecule has 0 aliphatic carbocycles. The Hall–Kier alpha value is -5.41. The molecule has 0 radical (unpaired) electrons. The van der Waals surface area contributed by atoms with E-state index in [1.54, 1.807) is 4.90 Å². The summed E-state index contributed by atoms with van der Waals surface area (Å²) < 4.78 is 0. The Morgan fingerprint density at radius 3 is 1.81 bits per heavy atom. The zero-order valence-corrected chi connectivity index (χ0v) is 23.8. The molecule has 0 N–H and O–H groups in total. The molecule has 0 saturated heterocycles. The summed E-state index contributed by atoms with van der Waals surface area (Å²) in [6.07, 6.45) is 0.828. The number of hydrogen-bond acceptors (Lipinski definition) is 1. The summed E-state index contributed by atoms with van der Waals surface area (Å²) in [5.74, 6) is 0. The minimum absolute atomic E-state index is 0.0221. The molecular weight excluding hydrogens is 524 g/mol. The van der Waals surface area contributed by atoms with Gasteiger partial charge in [0, 0.05) is 7.05 Å². The number of fused-ring (bicyclic) bond motifs is 8. The zero-order valence-electron chi connectivity index (χ0n) is 23.8. The van der Waals surface area contributed by atoms with Crippen molar-refractivity contribution in [3.8, 4) is 22.3 Å². The van der Waals surface area contributed by atoms with Crippen LogP contribution in [0.5, 0.6) is 0 Å². The number of benzene rings is 7. The molecule has 2 heterocycles. The molecule has 0 spiro atoms. The van der Waals surface area contributed by atoms with E-state index in [9.17, 15) is 4.79 Å². The zero-order chi connectivity index (χ0) is 28.7. The number of carbonyl (C=O) groups is 1. The molecular formula is C40H28N2O. The normalized spacial score (nSPS) is 15.7. The molecule has 2 amide bonds. The Morgan fingerprint density at radius 2 is 1.12 bits per heavy atom. The average molecular weight is 553 g/mol. The van der Waals surface area contributed by atoms with Crippen LogP contribution in [0.1, 0.15) is 17.2 Å². The van der Waals surface area contributed by atoms with E-state index < -0.39 is 0 Å². The fraction of sp³-hybridized carbons (Fsp3) is 0.0750. The lowest BCUT2D eigenvalue weighted by molar-refractivity contribution is 0.249. The van der Waals surface area contributed by atoms with Crippen LogP contribution >= 0.6 is 0 Å². The van der Waals surface area contributed by atoms with E-state index in [2.05, 4.69) is 121 Å². The molecule has 2 aliphatic heterocycles. The second kappa shape index (κ2) is 9.04. The van der Waals surface area contributed by atoms with E-state index in [1.165, 1.54) is 60.1 Å². The highest BCUT2D eigenvalue weighted by Crippen LogP contribution is 2.50. The minimum atomic E-state index is 0.0221. The standard InChI is InChI=1S/C40H28N2O/c1-41-35-17-9-8-16-34(35)37-23-27-19-21-29(24-36(27)42(37)40(41)43)39-32-14-6-4-12-30(32)38(31-13-5-7-15-33(31)39)28-20-18-25-10-2-3-11-26(25)22-28/h2-22,24,37H,23H2,1H3. The van der Waals surface area contributed by atoms with Gasteiger partial charge in [-0.2, -0.15) is 0 Å². The number of rotatable bonds is 2. The predicted octanol–water partition coefficient (Wildman–Crippen LogP) is 10.2. The first-order chi connectivity index (χ1) is 21.2. The van der Waals surface area contributed by atoms with E-state index in [4.69, 9.17) is 0 Å². The molecule has 3 heteroatoms. The quantitative estimate of drug-likeness (QED) is 0.196. The van der Waals surface area contributed by atoms with Crippen LogP contribution in [0.25, 0.3) is 54.6 Å². The average Bonchev–Trinajstić information content (AvgIpc) is 3.45. The van der Waals surface area contributed by atoms with E-state index >= 15 is 0 Å². The van der Waals surface area contributed by atoms with Crippen molar-refractivity contribution in [1.29, 1.82) is 0 Å². The van der Waals surface area contributed by atoms with E-state index in [1.807, 2.05) is 24.1 Å². The van der Waals surface area contributed by atoms with Gasteiger partial charge in [-0.1, -0.05) is 115 Å². The number of hydrogen-bond donors (Lipinski definition) is 0. The number of carbonyl (C=O) groups excluding carboxylic acids is 1. The molecule has 204 valence electrons. The van der Waals surface area contributed by atoms with Crippen molar-refractivity contribution >= 4 is 49.7 Å². The van der Waals surface area contributed by atoms with Crippen LogP contribution in [0.4, 0.5) is 16.2 Å². The lowest BCUT2D eigenvalue weighted by Crippen LogP contribution is -2.46. The van der Waals surface area contributed by atoms with Gasteiger partial charge in [0.25, 0.3) is 0 Å². The van der Waals surface area contributed by atoms with Crippen LogP contribution in [-0.2, 0) is 6.42 Å². The number of para-hydroxylation sites is 1. The molecule has 0 fully saturated rings. The first-order valence-corrected chi connectivity index (χ1v) is 14.9. The van der Waals surface area contributed by atoms with E-state index in [0.29, 0.717) is 0 Å². The maximum Gasteiger partial charge on any atom is 0.329 e. The number of nitrogens with zero attached hydrogens (tertiary/aromatic N) is 2. The third-order valence-corrected chi connectivity index (χ3v) is 9.48. The molecule has 1 atom stereocenters. The van der Waals surface area contributed by atoms with Crippen LogP contribution in [-0.4, -0.2) is 13.1 Å². The van der Waals surface area contributed by atoms with Crippen molar-refractivity contribution in [2.24, 2.45) is 0 Å². The summed E-state index contributed by atoms with van der Waals surface area (Å²) in [5, 5.41) is 7.37. The van der Waals surface area contributed by atoms with Crippen molar-refractivity contribution in [3.05, 3.63) is 145 Å². The summed E-state index contributed by atoms with van der Waals surface area (Å²) in [5.41, 5.74) is 9.25. The van der Waals surface area contributed by atoms with Gasteiger partial charge in [-0.3, -0.25) is 9.80 Å². The monoisotopic (exact) mass is 552 g/mol. The fourth-order valence-corrected chi connectivity index (χ4v) is 7.50. The second-order valence-corrected chi connectivity index (χ2v) is 11.7. The van der Waals surface area contributed by atoms with Gasteiger partial charge in [-0.25, -0.2) is 4.79 Å². The Bertz CT molecular complexity index is 2230. The van der Waals surface area contributed by atoms with Crippen LogP contribution in [0.3, 0.4) is 0 Å². The summed E-state index contributed by atoms with van der Waals surface area (Å²) in [6.45, 7) is 0. The molecule has 0 saturated carbocycles. The lowest BCUT2D eigenvalue weighted by atomic mass is 9.85. The third-order valence-electron chi connectivity index (χ3n) is 9.48. The van der Waals surface area contributed by atoms with Gasteiger partial charge in [-0.05, 0) is 90.3 Å². The predicted molar refractivity (Wildman–Crippen MR) is 179 cm³/mol. The molecule has 3 nitrogen and oxygen atoms in total. The van der Waals surface area contributed by atoms with Crippen LogP contribution in [0.2, 0.25) is 0 Å². The van der Waals surface area contributed by atoms with Gasteiger partial charge in [0.1, 0.15) is 0 Å². The second-order valence-electron chi connectivity index (χ2n) is 11.7. The molecule has 9 rings (SSSR count). The first-order valence-electron chi connectivity index (χ1n) is 14.9. The minimum Gasteiger partial charge on any atom is -0.297 e. The molecule has 2 aliphatic rings. The Balaban J connectivity index is 1.28. The first kappa shape index (κ1) is 24.2. The SMILES string of the molecule is CN1C(=O)N2c3cc(-c4c5ccccc5c(-c5ccc6ccccc6c5)c5ccccc45)ccc3CC2c2ccccc21. The van der Waals surface area contributed by atoms with Crippen LogP contribution in [0, 0.1) is 0 Å². The fourth-order valence-electron chi connectivity index (χ4n) is 7.50. The van der Waals surface area contributed by atoms with Crippen molar-refractivity contribution in [1.82, 2.24) is 0 Å². The van der Waals surface area contributed by atoms with Gasteiger partial charge in [0.15, 0.2) is 0 Å². The van der Waals surface area contributed by atoms with Crippen molar-refractivity contribution in [2.75, 3.05) is 16.8 Å². The van der Waals surface area contributed by atoms with Crippen LogP contribution < -0.4 is 9.80 Å². The van der Waals surface area contributed by atoms with E-state index in [-0.39, 0.29) is 12.1 Å². The summed E-state index contributed by atoms with van der Waals surface area (Å²) in [7, 11) is 1.88. The number of amides is 2. The van der Waals surface area contributed by atoms with Gasteiger partial charge in [0.2, 0.25) is 0 Å². The number of urea groups is 1. The van der Waals surface area contributed by atoms with Gasteiger partial charge >= 0.3 is 6.03 Å². The molecule has 0 aromatic heterocycles. The molecule has 0 bridgehead atoms. The molecule has 1 unspecified atom stereocenters. The van der Waals surface area contributed by atoms with E-state index in [0.717, 1.165) is 23.4 Å². The lowest BCUT2D eigenvalue weighted by Gasteiger charge is -2.37.